The first-order valence-electron chi connectivity index (χ1n) is 6.18. The second-order valence-electron chi connectivity index (χ2n) is 4.82. The highest BCUT2D eigenvalue weighted by atomic mass is 32.2. The van der Waals surface area contributed by atoms with Crippen LogP contribution >= 0.6 is 0 Å². The highest BCUT2D eigenvalue weighted by Gasteiger charge is 2.26. The molecule has 1 N–H and O–H groups in total. The van der Waals surface area contributed by atoms with Crippen molar-refractivity contribution in [2.45, 2.75) is 32.1 Å². The molecule has 0 saturated carbocycles. The molecule has 0 radical (unpaired) electrons. The molecule has 8 heteroatoms. The van der Waals surface area contributed by atoms with Crippen molar-refractivity contribution in [2.75, 3.05) is 11.5 Å². The maximum absolute atomic E-state index is 11.5. The fourth-order valence-electron chi connectivity index (χ4n) is 2.22. The number of aliphatic carboxylic acids is 1. The Labute approximate surface area is 110 Å². The summed E-state index contributed by atoms with van der Waals surface area (Å²) in [7, 11) is -2.93. The molecule has 1 aliphatic heterocycles. The molecule has 2 rings (SSSR count). The van der Waals surface area contributed by atoms with E-state index >= 15 is 0 Å². The molecular formula is C11H16N2O5S. The number of hydrogen-bond acceptors (Lipinski definition) is 6. The van der Waals surface area contributed by atoms with Crippen molar-refractivity contribution in [3.8, 4) is 0 Å². The summed E-state index contributed by atoms with van der Waals surface area (Å²) in [4.78, 5) is 14.5. The molecule has 106 valence electrons. The van der Waals surface area contributed by atoms with E-state index in [0.717, 1.165) is 6.42 Å². The summed E-state index contributed by atoms with van der Waals surface area (Å²) >= 11 is 0. The van der Waals surface area contributed by atoms with Crippen molar-refractivity contribution in [2.24, 2.45) is 5.92 Å². The van der Waals surface area contributed by atoms with Crippen LogP contribution in [-0.2, 0) is 27.5 Å². The zero-order valence-corrected chi connectivity index (χ0v) is 11.2. The molecule has 7 nitrogen and oxygen atoms in total. The van der Waals surface area contributed by atoms with Crippen LogP contribution in [-0.4, -0.2) is 41.1 Å². The van der Waals surface area contributed by atoms with Gasteiger partial charge in [-0.05, 0) is 18.8 Å². The van der Waals surface area contributed by atoms with Crippen LogP contribution in [0.4, 0.5) is 0 Å². The van der Waals surface area contributed by atoms with Crippen molar-refractivity contribution in [3.05, 3.63) is 11.7 Å². The quantitative estimate of drug-likeness (QED) is 0.837. The van der Waals surface area contributed by atoms with Crippen molar-refractivity contribution in [1.29, 1.82) is 0 Å². The summed E-state index contributed by atoms with van der Waals surface area (Å²) in [5.41, 5.74) is 0. The van der Waals surface area contributed by atoms with Gasteiger partial charge in [-0.3, -0.25) is 4.79 Å². The van der Waals surface area contributed by atoms with Gasteiger partial charge >= 0.3 is 5.97 Å². The van der Waals surface area contributed by atoms with E-state index in [1.54, 1.807) is 0 Å². The van der Waals surface area contributed by atoms with Gasteiger partial charge in [-0.25, -0.2) is 8.42 Å². The lowest BCUT2D eigenvalue weighted by molar-refractivity contribution is -0.137. The minimum Gasteiger partial charge on any atom is -0.481 e. The molecule has 1 aromatic rings. The fourth-order valence-corrected chi connectivity index (χ4v) is 3.99. The van der Waals surface area contributed by atoms with E-state index in [-0.39, 0.29) is 30.3 Å². The summed E-state index contributed by atoms with van der Waals surface area (Å²) < 4.78 is 28.0. The highest BCUT2D eigenvalue weighted by molar-refractivity contribution is 7.91. The van der Waals surface area contributed by atoms with Crippen molar-refractivity contribution in [3.63, 3.8) is 0 Å². The van der Waals surface area contributed by atoms with Crippen LogP contribution in [0, 0.1) is 5.92 Å². The molecule has 1 fully saturated rings. The van der Waals surface area contributed by atoms with E-state index < -0.39 is 15.8 Å². The Morgan fingerprint density at radius 2 is 2.26 bits per heavy atom. The lowest BCUT2D eigenvalue weighted by Crippen LogP contribution is -2.26. The standard InChI is InChI=1S/C11H16N2O5S/c14-11(15)4-3-9-12-10(18-13-9)6-8-2-1-5-19(16,17)7-8/h8H,1-7H2,(H,14,15). The average molecular weight is 288 g/mol. The number of nitrogens with zero attached hydrogens (tertiary/aromatic N) is 2. The van der Waals surface area contributed by atoms with E-state index in [2.05, 4.69) is 10.1 Å². The number of carboxylic acid groups (broad SMARTS) is 1. The van der Waals surface area contributed by atoms with Gasteiger partial charge in [0.25, 0.3) is 0 Å². The van der Waals surface area contributed by atoms with Crippen LogP contribution in [0.5, 0.6) is 0 Å². The van der Waals surface area contributed by atoms with Crippen LogP contribution < -0.4 is 0 Å². The van der Waals surface area contributed by atoms with Crippen LogP contribution in [0.1, 0.15) is 31.0 Å². The zero-order valence-electron chi connectivity index (χ0n) is 10.4. The Morgan fingerprint density at radius 3 is 2.95 bits per heavy atom. The first kappa shape index (κ1) is 14.0. The lowest BCUT2D eigenvalue weighted by Gasteiger charge is -2.19. The van der Waals surface area contributed by atoms with Crippen LogP contribution in [0.25, 0.3) is 0 Å². The fraction of sp³-hybridized carbons (Fsp3) is 0.727. The zero-order chi connectivity index (χ0) is 13.9. The first-order chi connectivity index (χ1) is 8.94. The molecule has 0 aromatic carbocycles. The Hall–Kier alpha value is -1.44. The van der Waals surface area contributed by atoms with E-state index in [0.29, 0.717) is 24.6 Å². The molecule has 1 atom stereocenters. The number of hydrogen-bond donors (Lipinski definition) is 1. The summed E-state index contributed by atoms with van der Waals surface area (Å²) in [6, 6.07) is 0. The number of rotatable bonds is 5. The molecule has 1 unspecified atom stereocenters. The van der Waals surface area contributed by atoms with E-state index in [4.69, 9.17) is 9.63 Å². The Balaban J connectivity index is 1.91. The minimum absolute atomic E-state index is 0.0199. The van der Waals surface area contributed by atoms with Crippen molar-refractivity contribution in [1.82, 2.24) is 10.1 Å². The summed E-state index contributed by atoms with van der Waals surface area (Å²) in [5, 5.41) is 12.2. The predicted octanol–water partition coefficient (Wildman–Crippen LogP) is 0.454. The molecule has 0 amide bonds. The molecule has 2 heterocycles. The van der Waals surface area contributed by atoms with Crippen molar-refractivity contribution < 1.29 is 22.8 Å². The number of aromatic nitrogens is 2. The molecule has 1 aromatic heterocycles. The first-order valence-corrected chi connectivity index (χ1v) is 8.00. The van der Waals surface area contributed by atoms with E-state index in [1.165, 1.54) is 0 Å². The minimum atomic E-state index is -2.93. The van der Waals surface area contributed by atoms with Crippen LogP contribution in [0.2, 0.25) is 0 Å². The van der Waals surface area contributed by atoms with Gasteiger partial charge in [0.2, 0.25) is 5.89 Å². The number of carbonyl (C=O) groups is 1. The highest BCUT2D eigenvalue weighted by Crippen LogP contribution is 2.21. The lowest BCUT2D eigenvalue weighted by atomic mass is 10.0. The van der Waals surface area contributed by atoms with Gasteiger partial charge in [0, 0.05) is 12.8 Å². The van der Waals surface area contributed by atoms with Crippen molar-refractivity contribution >= 4 is 15.8 Å². The van der Waals surface area contributed by atoms with Gasteiger partial charge in [-0.2, -0.15) is 4.98 Å². The van der Waals surface area contributed by atoms with Gasteiger partial charge < -0.3 is 9.63 Å². The maximum Gasteiger partial charge on any atom is 0.303 e. The topological polar surface area (TPSA) is 110 Å². The third-order valence-electron chi connectivity index (χ3n) is 3.09. The number of sulfone groups is 1. The molecule has 0 bridgehead atoms. The molecular weight excluding hydrogens is 272 g/mol. The van der Waals surface area contributed by atoms with Gasteiger partial charge in [-0.15, -0.1) is 0 Å². The third kappa shape index (κ3) is 4.30. The molecule has 1 aliphatic rings. The second kappa shape index (κ2) is 5.68. The Bertz CT molecular complexity index is 551. The average Bonchev–Trinajstić information content (AvgIpc) is 2.73. The van der Waals surface area contributed by atoms with Gasteiger partial charge in [-0.1, -0.05) is 5.16 Å². The Morgan fingerprint density at radius 1 is 1.47 bits per heavy atom. The Kier molecular flexibility index (Phi) is 4.18. The largest absolute Gasteiger partial charge is 0.481 e. The maximum atomic E-state index is 11.5. The smallest absolute Gasteiger partial charge is 0.303 e. The van der Waals surface area contributed by atoms with E-state index in [1.807, 2.05) is 0 Å². The SMILES string of the molecule is O=C(O)CCc1noc(CC2CCCS(=O)(=O)C2)n1. The summed E-state index contributed by atoms with van der Waals surface area (Å²) in [5.74, 6) is 0.284. The third-order valence-corrected chi connectivity index (χ3v) is 4.98. The molecule has 1 saturated heterocycles. The van der Waals surface area contributed by atoms with Gasteiger partial charge in [0.05, 0.1) is 17.9 Å². The normalized spacial score (nSPS) is 22.2. The van der Waals surface area contributed by atoms with Gasteiger partial charge in [0.1, 0.15) is 0 Å². The molecule has 19 heavy (non-hydrogen) atoms. The second-order valence-corrected chi connectivity index (χ2v) is 7.05. The van der Waals surface area contributed by atoms with Gasteiger partial charge in [0.15, 0.2) is 15.7 Å². The molecule has 0 spiro atoms. The predicted molar refractivity (Wildman–Crippen MR) is 65.3 cm³/mol. The monoisotopic (exact) mass is 288 g/mol. The van der Waals surface area contributed by atoms with Crippen LogP contribution in [0.15, 0.2) is 4.52 Å². The van der Waals surface area contributed by atoms with Crippen LogP contribution in [0.3, 0.4) is 0 Å². The number of aryl methyl sites for hydroxylation is 1. The van der Waals surface area contributed by atoms with E-state index in [9.17, 15) is 13.2 Å². The molecule has 0 aliphatic carbocycles. The summed E-state index contributed by atoms with van der Waals surface area (Å²) in [6.07, 6.45) is 2.14. The number of carboxylic acids is 1. The summed E-state index contributed by atoms with van der Waals surface area (Å²) in [6.45, 7) is 0.